The molecule has 0 aliphatic heterocycles. The van der Waals surface area contributed by atoms with Crippen LogP contribution in [0, 0.1) is 13.8 Å². The van der Waals surface area contributed by atoms with Gasteiger partial charge in [-0.05, 0) is 54.8 Å². The molecular weight excluding hydrogens is 364 g/mol. The number of methoxy groups -OCH3 is 2. The van der Waals surface area contributed by atoms with Gasteiger partial charge in [0.05, 0.1) is 25.6 Å². The highest BCUT2D eigenvalue weighted by Gasteiger charge is 2.18. The highest BCUT2D eigenvalue weighted by atomic mass is 16.5. The molecule has 0 spiro atoms. The lowest BCUT2D eigenvalue weighted by Crippen LogP contribution is -2.25. The molecule has 0 saturated carbocycles. The number of nitrogens with two attached hydrogens (primary N) is 2. The largest absolute Gasteiger partial charge is 0.497 e. The molecule has 0 radical (unpaired) electrons. The number of benzene rings is 2. The van der Waals surface area contributed by atoms with Crippen molar-refractivity contribution in [3.05, 3.63) is 70.9 Å². The molecule has 0 fully saturated rings. The minimum atomic E-state index is 0.509. The third-order valence-electron chi connectivity index (χ3n) is 5.12. The van der Waals surface area contributed by atoms with Gasteiger partial charge >= 0.3 is 0 Å². The molecule has 6 nitrogen and oxygen atoms in total. The fourth-order valence-corrected chi connectivity index (χ4v) is 3.17. The molecule has 1 aromatic heterocycles. The Morgan fingerprint density at radius 2 is 1.21 bits per heavy atom. The Balaban J connectivity index is 1.98. The van der Waals surface area contributed by atoms with Crippen molar-refractivity contribution in [3.63, 3.8) is 0 Å². The molecule has 0 saturated heterocycles. The van der Waals surface area contributed by atoms with Crippen LogP contribution in [-0.2, 0) is 13.1 Å². The number of aryl methyl sites for hydroxylation is 1. The van der Waals surface area contributed by atoms with Gasteiger partial charge in [-0.3, -0.25) is 0 Å². The molecule has 0 atom stereocenters. The van der Waals surface area contributed by atoms with Crippen molar-refractivity contribution in [1.82, 2.24) is 4.98 Å². The standard InChI is InChI=1S/C23H28N4O2/c1-15-16(2)26-23(22(25)21(15)24)27(13-17-5-9-19(28-3)10-6-17)14-18-7-11-20(29-4)12-8-18/h5-12H,13-14,25H2,1-4H3,(H2,24,26). The summed E-state index contributed by atoms with van der Waals surface area (Å²) in [5.41, 5.74) is 17.8. The van der Waals surface area contributed by atoms with Crippen molar-refractivity contribution in [2.24, 2.45) is 0 Å². The van der Waals surface area contributed by atoms with Crippen LogP contribution in [0.4, 0.5) is 17.2 Å². The fourth-order valence-electron chi connectivity index (χ4n) is 3.17. The van der Waals surface area contributed by atoms with Crippen molar-refractivity contribution in [2.45, 2.75) is 26.9 Å². The monoisotopic (exact) mass is 392 g/mol. The highest BCUT2D eigenvalue weighted by Crippen LogP contribution is 2.33. The summed E-state index contributed by atoms with van der Waals surface area (Å²) in [6, 6.07) is 16.0. The maximum absolute atomic E-state index is 6.38. The second-order valence-electron chi connectivity index (χ2n) is 7.03. The minimum absolute atomic E-state index is 0.509. The van der Waals surface area contributed by atoms with Crippen LogP contribution in [0.15, 0.2) is 48.5 Å². The molecule has 152 valence electrons. The molecule has 6 heteroatoms. The number of aromatic nitrogens is 1. The molecule has 3 aromatic rings. The summed E-state index contributed by atoms with van der Waals surface area (Å²) in [7, 11) is 3.32. The van der Waals surface area contributed by atoms with E-state index in [1.54, 1.807) is 14.2 Å². The van der Waals surface area contributed by atoms with Crippen molar-refractivity contribution in [2.75, 3.05) is 30.6 Å². The van der Waals surface area contributed by atoms with Crippen LogP contribution in [0.25, 0.3) is 0 Å². The number of hydrogen-bond acceptors (Lipinski definition) is 6. The highest BCUT2D eigenvalue weighted by molar-refractivity contribution is 5.79. The first-order valence-corrected chi connectivity index (χ1v) is 9.46. The first kappa shape index (κ1) is 20.3. The van der Waals surface area contributed by atoms with Crippen LogP contribution in [0.5, 0.6) is 11.5 Å². The van der Waals surface area contributed by atoms with Crippen LogP contribution in [0.2, 0.25) is 0 Å². The van der Waals surface area contributed by atoms with Crippen molar-refractivity contribution < 1.29 is 9.47 Å². The van der Waals surface area contributed by atoms with Gasteiger partial charge in [-0.2, -0.15) is 0 Å². The van der Waals surface area contributed by atoms with E-state index in [9.17, 15) is 0 Å². The summed E-state index contributed by atoms with van der Waals surface area (Å²) >= 11 is 0. The van der Waals surface area contributed by atoms with E-state index < -0.39 is 0 Å². The van der Waals surface area contributed by atoms with Crippen LogP contribution in [-0.4, -0.2) is 19.2 Å². The molecule has 29 heavy (non-hydrogen) atoms. The zero-order valence-corrected chi connectivity index (χ0v) is 17.4. The number of ether oxygens (including phenoxy) is 2. The van der Waals surface area contributed by atoms with Gasteiger partial charge in [0.1, 0.15) is 11.5 Å². The zero-order chi connectivity index (χ0) is 21.0. The number of hydrogen-bond donors (Lipinski definition) is 2. The van der Waals surface area contributed by atoms with E-state index in [2.05, 4.69) is 4.90 Å². The van der Waals surface area contributed by atoms with Gasteiger partial charge in [-0.15, -0.1) is 0 Å². The molecule has 0 unspecified atom stereocenters. The topological polar surface area (TPSA) is 86.6 Å². The first-order chi connectivity index (χ1) is 13.9. The third-order valence-corrected chi connectivity index (χ3v) is 5.12. The molecule has 1 heterocycles. The van der Waals surface area contributed by atoms with Crippen molar-refractivity contribution >= 4 is 17.2 Å². The molecule has 0 bridgehead atoms. The van der Waals surface area contributed by atoms with Crippen LogP contribution in [0.3, 0.4) is 0 Å². The summed E-state index contributed by atoms with van der Waals surface area (Å²) in [6.45, 7) is 5.16. The lowest BCUT2D eigenvalue weighted by Gasteiger charge is -2.27. The summed E-state index contributed by atoms with van der Waals surface area (Å²) in [4.78, 5) is 6.91. The van der Waals surface area contributed by atoms with Crippen molar-refractivity contribution in [1.29, 1.82) is 0 Å². The van der Waals surface area contributed by atoms with Crippen LogP contribution >= 0.6 is 0 Å². The summed E-state index contributed by atoms with van der Waals surface area (Å²) in [6.07, 6.45) is 0. The smallest absolute Gasteiger partial charge is 0.154 e. The molecule has 4 N–H and O–H groups in total. The SMILES string of the molecule is COc1ccc(CN(Cc2ccc(OC)cc2)c2nc(C)c(C)c(N)c2N)cc1. The van der Waals surface area contributed by atoms with E-state index in [4.69, 9.17) is 25.9 Å². The second-order valence-corrected chi connectivity index (χ2v) is 7.03. The predicted molar refractivity (Wildman–Crippen MR) is 118 cm³/mol. The maximum Gasteiger partial charge on any atom is 0.154 e. The lowest BCUT2D eigenvalue weighted by molar-refractivity contribution is 0.414. The lowest BCUT2D eigenvalue weighted by atomic mass is 10.1. The molecular formula is C23H28N4O2. The van der Waals surface area contributed by atoms with E-state index in [1.165, 1.54) is 0 Å². The van der Waals surface area contributed by atoms with Gasteiger partial charge in [-0.1, -0.05) is 24.3 Å². The quantitative estimate of drug-likeness (QED) is 0.630. The number of anilines is 3. The fraction of sp³-hybridized carbons (Fsp3) is 0.261. The Kier molecular flexibility index (Phi) is 6.12. The van der Waals surface area contributed by atoms with Crippen LogP contribution < -0.4 is 25.8 Å². The maximum atomic E-state index is 6.38. The van der Waals surface area contributed by atoms with E-state index in [0.29, 0.717) is 30.3 Å². The van der Waals surface area contributed by atoms with E-state index in [1.807, 2.05) is 62.4 Å². The van der Waals surface area contributed by atoms with E-state index in [-0.39, 0.29) is 0 Å². The normalized spacial score (nSPS) is 10.6. The Hall–Kier alpha value is -3.41. The van der Waals surface area contributed by atoms with E-state index >= 15 is 0 Å². The third kappa shape index (κ3) is 4.54. The Morgan fingerprint density at radius 3 is 1.62 bits per heavy atom. The van der Waals surface area contributed by atoms with Gasteiger partial charge in [-0.25, -0.2) is 4.98 Å². The predicted octanol–water partition coefficient (Wildman–Crippen LogP) is 4.09. The minimum Gasteiger partial charge on any atom is -0.497 e. The molecule has 2 aromatic carbocycles. The summed E-state index contributed by atoms with van der Waals surface area (Å²) in [5.74, 6) is 2.34. The molecule has 0 aliphatic carbocycles. The van der Waals surface area contributed by atoms with Gasteiger partial charge in [0.2, 0.25) is 0 Å². The van der Waals surface area contributed by atoms with Gasteiger partial charge in [0, 0.05) is 18.8 Å². The Morgan fingerprint density at radius 1 is 0.759 bits per heavy atom. The number of rotatable bonds is 7. The average molecular weight is 393 g/mol. The zero-order valence-electron chi connectivity index (χ0n) is 17.4. The molecule has 0 amide bonds. The Bertz CT molecular complexity index is 920. The van der Waals surface area contributed by atoms with Gasteiger partial charge in [0.25, 0.3) is 0 Å². The average Bonchev–Trinajstić information content (AvgIpc) is 2.75. The van der Waals surface area contributed by atoms with Crippen molar-refractivity contribution in [3.8, 4) is 11.5 Å². The van der Waals surface area contributed by atoms with E-state index in [0.717, 1.165) is 33.9 Å². The number of pyridine rings is 1. The molecule has 0 aliphatic rings. The molecule has 3 rings (SSSR count). The summed E-state index contributed by atoms with van der Waals surface area (Å²) < 4.78 is 10.5. The number of nitrogens with zero attached hydrogens (tertiary/aromatic N) is 2. The summed E-state index contributed by atoms with van der Waals surface area (Å²) in [5, 5.41) is 0. The number of nitrogen functional groups attached to an aromatic ring is 2. The van der Waals surface area contributed by atoms with Gasteiger partial charge < -0.3 is 25.8 Å². The Labute approximate surface area is 172 Å². The second kappa shape index (κ2) is 8.73. The first-order valence-electron chi connectivity index (χ1n) is 9.46. The van der Waals surface area contributed by atoms with Crippen LogP contribution in [0.1, 0.15) is 22.4 Å². The van der Waals surface area contributed by atoms with Gasteiger partial charge in [0.15, 0.2) is 5.82 Å².